The first-order valence-corrected chi connectivity index (χ1v) is 4.47. The van der Waals surface area contributed by atoms with Crippen molar-refractivity contribution in [3.05, 3.63) is 15.6 Å². The molecule has 1 aromatic heterocycles. The molecule has 1 aromatic rings. The van der Waals surface area contributed by atoms with Crippen molar-refractivity contribution in [2.24, 2.45) is 0 Å². The molecule has 0 spiro atoms. The molecule has 74 valence electrons. The van der Waals surface area contributed by atoms with E-state index in [4.69, 9.17) is 5.11 Å². The molecule has 0 saturated carbocycles. The van der Waals surface area contributed by atoms with Gasteiger partial charge >= 0.3 is 6.18 Å². The Kier molecular flexibility index (Phi) is 2.92. The minimum absolute atomic E-state index is 0.107. The minimum atomic E-state index is -4.46. The van der Waals surface area contributed by atoms with Crippen molar-refractivity contribution in [3.8, 4) is 0 Å². The van der Waals surface area contributed by atoms with Gasteiger partial charge in [-0.1, -0.05) is 6.92 Å². The number of alkyl halides is 3. The lowest BCUT2D eigenvalue weighted by molar-refractivity contribution is -0.141. The second kappa shape index (κ2) is 3.63. The minimum Gasteiger partial charge on any atom is -0.391 e. The van der Waals surface area contributed by atoms with E-state index in [1.165, 1.54) is 0 Å². The zero-order valence-corrected chi connectivity index (χ0v) is 7.67. The average Bonchev–Trinajstić information content (AvgIpc) is 2.46. The Hall–Kier alpha value is -0.620. The van der Waals surface area contributed by atoms with Gasteiger partial charge in [-0.15, -0.1) is 11.3 Å². The highest BCUT2D eigenvalue weighted by Gasteiger charge is 2.36. The van der Waals surface area contributed by atoms with Crippen molar-refractivity contribution < 1.29 is 18.3 Å². The highest BCUT2D eigenvalue weighted by Crippen LogP contribution is 2.34. The number of aromatic nitrogens is 1. The van der Waals surface area contributed by atoms with Gasteiger partial charge in [0.05, 0.1) is 16.5 Å². The Morgan fingerprint density at radius 1 is 1.46 bits per heavy atom. The van der Waals surface area contributed by atoms with Crippen molar-refractivity contribution in [1.29, 1.82) is 0 Å². The Labute approximate surface area is 77.0 Å². The van der Waals surface area contributed by atoms with Crippen molar-refractivity contribution in [2.75, 3.05) is 0 Å². The van der Waals surface area contributed by atoms with Crippen molar-refractivity contribution in [2.45, 2.75) is 26.1 Å². The molecule has 0 amide bonds. The summed E-state index contributed by atoms with van der Waals surface area (Å²) >= 11 is 0.905. The number of nitrogens with zero attached hydrogens (tertiary/aromatic N) is 1. The summed E-state index contributed by atoms with van der Waals surface area (Å²) in [5, 5.41) is 9.06. The van der Waals surface area contributed by atoms with Gasteiger partial charge in [0.2, 0.25) is 0 Å². The van der Waals surface area contributed by atoms with Gasteiger partial charge in [0.15, 0.2) is 5.69 Å². The van der Waals surface area contributed by atoms with E-state index in [1.54, 1.807) is 6.92 Å². The Bertz CT molecular complexity index is 294. The molecule has 1 N–H and O–H groups in total. The molecular formula is C7H8F3NOS. The number of rotatable bonds is 2. The molecule has 0 atom stereocenters. The smallest absolute Gasteiger partial charge is 0.391 e. The highest BCUT2D eigenvalue weighted by atomic mass is 32.1. The van der Waals surface area contributed by atoms with Crippen LogP contribution in [-0.4, -0.2) is 10.1 Å². The third-order valence-electron chi connectivity index (χ3n) is 1.46. The third kappa shape index (κ3) is 2.19. The number of thiazole rings is 1. The highest BCUT2D eigenvalue weighted by molar-refractivity contribution is 7.11. The van der Waals surface area contributed by atoms with E-state index in [1.807, 2.05) is 0 Å². The Balaban J connectivity index is 3.11. The van der Waals surface area contributed by atoms with Gasteiger partial charge in [0, 0.05) is 0 Å². The molecule has 0 aliphatic carbocycles. The van der Waals surface area contributed by atoms with Crippen LogP contribution in [0.3, 0.4) is 0 Å². The summed E-state index contributed by atoms with van der Waals surface area (Å²) in [4.78, 5) is 3.30. The Morgan fingerprint density at radius 2 is 2.08 bits per heavy atom. The molecule has 0 radical (unpaired) electrons. The number of aliphatic hydroxyl groups excluding tert-OH is 1. The second-order valence-electron chi connectivity index (χ2n) is 2.39. The van der Waals surface area contributed by atoms with Crippen LogP contribution in [0.4, 0.5) is 13.2 Å². The summed E-state index contributed by atoms with van der Waals surface area (Å²) in [6.45, 7) is 1.12. The zero-order chi connectivity index (χ0) is 10.1. The molecule has 6 heteroatoms. The van der Waals surface area contributed by atoms with E-state index >= 15 is 0 Å². The van der Waals surface area contributed by atoms with Gasteiger partial charge < -0.3 is 5.11 Å². The van der Waals surface area contributed by atoms with Crippen LogP contribution < -0.4 is 0 Å². The fraction of sp³-hybridized carbons (Fsp3) is 0.571. The second-order valence-corrected chi connectivity index (χ2v) is 3.56. The van der Waals surface area contributed by atoms with E-state index in [0.29, 0.717) is 11.4 Å². The summed E-state index contributed by atoms with van der Waals surface area (Å²) in [5.41, 5.74) is -0.947. The first-order chi connectivity index (χ1) is 5.99. The largest absolute Gasteiger partial charge is 0.434 e. The SMILES string of the molecule is CCc1nc(C(F)(F)F)c(CO)s1. The van der Waals surface area contributed by atoms with Crippen LogP contribution in [0.25, 0.3) is 0 Å². The van der Waals surface area contributed by atoms with Crippen LogP contribution in [0.1, 0.15) is 22.5 Å². The predicted octanol–water partition coefficient (Wildman–Crippen LogP) is 2.22. The number of aryl methyl sites for hydroxylation is 1. The quantitative estimate of drug-likeness (QED) is 0.813. The fourth-order valence-electron chi connectivity index (χ4n) is 0.880. The summed E-state index contributed by atoms with van der Waals surface area (Å²) in [7, 11) is 0. The fourth-order valence-corrected chi connectivity index (χ4v) is 1.77. The van der Waals surface area contributed by atoms with E-state index < -0.39 is 18.5 Å². The van der Waals surface area contributed by atoms with Crippen LogP contribution >= 0.6 is 11.3 Å². The Morgan fingerprint density at radius 3 is 2.38 bits per heavy atom. The molecule has 0 saturated heterocycles. The van der Waals surface area contributed by atoms with Gasteiger partial charge in [0.25, 0.3) is 0 Å². The lowest BCUT2D eigenvalue weighted by Gasteiger charge is -2.03. The molecular weight excluding hydrogens is 203 g/mol. The maximum atomic E-state index is 12.2. The van der Waals surface area contributed by atoms with E-state index in [-0.39, 0.29) is 4.88 Å². The molecule has 0 fully saturated rings. The predicted molar refractivity (Wildman–Crippen MR) is 42.4 cm³/mol. The first kappa shape index (κ1) is 10.5. The lowest BCUT2D eigenvalue weighted by atomic mass is 10.3. The maximum Gasteiger partial charge on any atom is 0.434 e. The van der Waals surface area contributed by atoms with Crippen LogP contribution in [0.5, 0.6) is 0 Å². The van der Waals surface area contributed by atoms with Crippen LogP contribution in [-0.2, 0) is 19.2 Å². The average molecular weight is 211 g/mol. The van der Waals surface area contributed by atoms with Gasteiger partial charge in [-0.25, -0.2) is 4.98 Å². The van der Waals surface area contributed by atoms with Gasteiger partial charge in [-0.2, -0.15) is 13.2 Å². The van der Waals surface area contributed by atoms with Crippen molar-refractivity contribution in [1.82, 2.24) is 4.98 Å². The van der Waals surface area contributed by atoms with Gasteiger partial charge in [0.1, 0.15) is 0 Å². The third-order valence-corrected chi connectivity index (χ3v) is 2.64. The summed E-state index contributed by atoms with van der Waals surface area (Å²) in [5.74, 6) is 0. The molecule has 0 bridgehead atoms. The zero-order valence-electron chi connectivity index (χ0n) is 6.85. The molecule has 0 unspecified atom stereocenters. The number of aliphatic hydroxyl groups is 1. The van der Waals surface area contributed by atoms with E-state index in [9.17, 15) is 13.2 Å². The number of hydrogen-bond acceptors (Lipinski definition) is 3. The summed E-state index contributed by atoms with van der Waals surface area (Å²) < 4.78 is 36.7. The number of halogens is 3. The molecule has 0 aromatic carbocycles. The first-order valence-electron chi connectivity index (χ1n) is 3.65. The van der Waals surface area contributed by atoms with Crippen molar-refractivity contribution >= 4 is 11.3 Å². The van der Waals surface area contributed by atoms with Crippen LogP contribution in [0.2, 0.25) is 0 Å². The molecule has 1 heterocycles. The van der Waals surface area contributed by atoms with E-state index in [0.717, 1.165) is 11.3 Å². The van der Waals surface area contributed by atoms with Crippen LogP contribution in [0, 0.1) is 0 Å². The topological polar surface area (TPSA) is 33.1 Å². The maximum absolute atomic E-state index is 12.2. The van der Waals surface area contributed by atoms with E-state index in [2.05, 4.69) is 4.98 Å². The normalized spacial score (nSPS) is 12.1. The lowest BCUT2D eigenvalue weighted by Crippen LogP contribution is -2.08. The molecule has 1 rings (SSSR count). The monoisotopic (exact) mass is 211 g/mol. The molecule has 0 aliphatic heterocycles. The molecule has 2 nitrogen and oxygen atoms in total. The van der Waals surface area contributed by atoms with Crippen LogP contribution in [0.15, 0.2) is 0 Å². The summed E-state index contributed by atoms with van der Waals surface area (Å²) in [6, 6.07) is 0. The van der Waals surface area contributed by atoms with Gasteiger partial charge in [-0.3, -0.25) is 0 Å². The summed E-state index contributed by atoms with van der Waals surface area (Å²) in [6.07, 6.45) is -4.00. The molecule has 0 aliphatic rings. The molecule has 13 heavy (non-hydrogen) atoms. The van der Waals surface area contributed by atoms with Gasteiger partial charge in [-0.05, 0) is 6.42 Å². The standard InChI is InChI=1S/C7H8F3NOS/c1-2-5-11-6(7(8,9)10)4(3-12)13-5/h12H,2-3H2,1H3. The van der Waals surface area contributed by atoms with Crippen molar-refractivity contribution in [3.63, 3.8) is 0 Å². The number of hydrogen-bond donors (Lipinski definition) is 1.